The van der Waals surface area contributed by atoms with Crippen molar-refractivity contribution in [3.63, 3.8) is 0 Å². The molecule has 0 aromatic rings. The van der Waals surface area contributed by atoms with Crippen LogP contribution in [0.4, 0.5) is 0 Å². The van der Waals surface area contributed by atoms with Crippen molar-refractivity contribution in [2.24, 2.45) is 0 Å². The summed E-state index contributed by atoms with van der Waals surface area (Å²) < 4.78 is 0. The highest BCUT2D eigenvalue weighted by atomic mass is 16.3. The Bertz CT molecular complexity index is 214. The van der Waals surface area contributed by atoms with Crippen molar-refractivity contribution in [3.8, 4) is 0 Å². The number of hydrogen-bond acceptors (Lipinski definition) is 3. The van der Waals surface area contributed by atoms with Gasteiger partial charge in [-0.1, -0.05) is 0 Å². The summed E-state index contributed by atoms with van der Waals surface area (Å²) in [6.45, 7) is 4.98. The van der Waals surface area contributed by atoms with Crippen LogP contribution >= 0.6 is 0 Å². The van der Waals surface area contributed by atoms with E-state index in [1.165, 1.54) is 6.92 Å². The van der Waals surface area contributed by atoms with E-state index in [1.54, 1.807) is 0 Å². The van der Waals surface area contributed by atoms with E-state index >= 15 is 0 Å². The fraction of sp³-hybridized carbons (Fsp3) is 0.778. The summed E-state index contributed by atoms with van der Waals surface area (Å²) in [5.41, 5.74) is -0.440. The van der Waals surface area contributed by atoms with Gasteiger partial charge in [0.1, 0.15) is 0 Å². The van der Waals surface area contributed by atoms with Gasteiger partial charge in [-0.3, -0.25) is 9.59 Å². The predicted octanol–water partition coefficient (Wildman–Crippen LogP) is -0.600. The Hall–Kier alpha value is -1.10. The quantitative estimate of drug-likeness (QED) is 0.557. The molecule has 0 aliphatic heterocycles. The highest BCUT2D eigenvalue weighted by Crippen LogP contribution is 2.06. The van der Waals surface area contributed by atoms with Crippen LogP contribution in [0.2, 0.25) is 0 Å². The van der Waals surface area contributed by atoms with E-state index in [-0.39, 0.29) is 25.0 Å². The molecule has 14 heavy (non-hydrogen) atoms. The number of amides is 2. The van der Waals surface area contributed by atoms with Gasteiger partial charge in [0.05, 0.1) is 6.54 Å². The van der Waals surface area contributed by atoms with Crippen molar-refractivity contribution in [2.75, 3.05) is 13.2 Å². The SMILES string of the molecule is CC(=O)NCC(=O)NC(C)(C)CCO. The highest BCUT2D eigenvalue weighted by Gasteiger charge is 2.19. The molecule has 0 bridgehead atoms. The molecule has 0 unspecified atom stereocenters. The lowest BCUT2D eigenvalue weighted by molar-refractivity contribution is -0.126. The molecular formula is C9H18N2O3. The zero-order valence-electron chi connectivity index (χ0n) is 8.89. The smallest absolute Gasteiger partial charge is 0.239 e. The molecule has 0 rings (SSSR count). The first kappa shape index (κ1) is 12.9. The van der Waals surface area contributed by atoms with Crippen LogP contribution in [0.3, 0.4) is 0 Å². The molecule has 0 spiro atoms. The lowest BCUT2D eigenvalue weighted by Crippen LogP contribution is -2.47. The number of aliphatic hydroxyl groups is 1. The first-order valence-corrected chi connectivity index (χ1v) is 4.54. The van der Waals surface area contributed by atoms with E-state index in [9.17, 15) is 9.59 Å². The maximum absolute atomic E-state index is 11.2. The van der Waals surface area contributed by atoms with Gasteiger partial charge in [0.2, 0.25) is 11.8 Å². The molecule has 0 fully saturated rings. The van der Waals surface area contributed by atoms with Crippen LogP contribution in [0.15, 0.2) is 0 Å². The molecule has 82 valence electrons. The second-order valence-electron chi connectivity index (χ2n) is 3.82. The Labute approximate surface area is 83.9 Å². The third kappa shape index (κ3) is 6.42. The fourth-order valence-corrected chi connectivity index (χ4v) is 0.968. The summed E-state index contributed by atoms with van der Waals surface area (Å²) in [6.07, 6.45) is 0.485. The van der Waals surface area contributed by atoms with Crippen molar-refractivity contribution in [1.82, 2.24) is 10.6 Å². The molecule has 3 N–H and O–H groups in total. The Balaban J connectivity index is 3.86. The molecule has 5 heteroatoms. The summed E-state index contributed by atoms with van der Waals surface area (Å²) in [5, 5.41) is 13.8. The summed E-state index contributed by atoms with van der Waals surface area (Å²) in [6, 6.07) is 0. The van der Waals surface area contributed by atoms with Crippen LogP contribution in [-0.2, 0) is 9.59 Å². The monoisotopic (exact) mass is 202 g/mol. The number of nitrogens with one attached hydrogen (secondary N) is 2. The van der Waals surface area contributed by atoms with Gasteiger partial charge in [0.15, 0.2) is 0 Å². The predicted molar refractivity (Wildman–Crippen MR) is 52.6 cm³/mol. The molecule has 0 aromatic carbocycles. The zero-order valence-corrected chi connectivity index (χ0v) is 8.89. The number of carbonyl (C=O) groups is 2. The van der Waals surface area contributed by atoms with Crippen LogP contribution < -0.4 is 10.6 Å². The number of rotatable bonds is 5. The Morgan fingerprint density at radius 3 is 2.36 bits per heavy atom. The molecule has 5 nitrogen and oxygen atoms in total. The lowest BCUT2D eigenvalue weighted by atomic mass is 10.0. The summed E-state index contributed by atoms with van der Waals surface area (Å²) in [4.78, 5) is 21.7. The van der Waals surface area contributed by atoms with Gasteiger partial charge >= 0.3 is 0 Å². The molecule has 0 radical (unpaired) electrons. The van der Waals surface area contributed by atoms with Crippen LogP contribution in [0.5, 0.6) is 0 Å². The van der Waals surface area contributed by atoms with Crippen molar-refractivity contribution < 1.29 is 14.7 Å². The van der Waals surface area contributed by atoms with E-state index in [0.29, 0.717) is 6.42 Å². The average Bonchev–Trinajstić information content (AvgIpc) is 1.99. The first-order chi connectivity index (χ1) is 6.37. The van der Waals surface area contributed by atoms with E-state index in [1.807, 2.05) is 13.8 Å². The molecule has 0 aliphatic rings. The number of aliphatic hydroxyl groups excluding tert-OH is 1. The van der Waals surface area contributed by atoms with Crippen molar-refractivity contribution >= 4 is 11.8 Å². The van der Waals surface area contributed by atoms with Crippen LogP contribution in [0.1, 0.15) is 27.2 Å². The lowest BCUT2D eigenvalue weighted by Gasteiger charge is -2.25. The molecule has 0 aliphatic carbocycles. The fourth-order valence-electron chi connectivity index (χ4n) is 0.968. The van der Waals surface area contributed by atoms with Gasteiger partial charge in [-0.05, 0) is 20.3 Å². The Morgan fingerprint density at radius 2 is 1.93 bits per heavy atom. The number of hydrogen-bond donors (Lipinski definition) is 3. The molecule has 0 saturated heterocycles. The second-order valence-corrected chi connectivity index (χ2v) is 3.82. The Kier molecular flexibility index (Phi) is 5.15. The van der Waals surface area contributed by atoms with E-state index in [2.05, 4.69) is 10.6 Å². The van der Waals surface area contributed by atoms with Gasteiger partial charge in [-0.25, -0.2) is 0 Å². The van der Waals surface area contributed by atoms with E-state index < -0.39 is 5.54 Å². The minimum absolute atomic E-state index is 0.0212. The van der Waals surface area contributed by atoms with Gasteiger partial charge < -0.3 is 15.7 Å². The van der Waals surface area contributed by atoms with Crippen LogP contribution in [0.25, 0.3) is 0 Å². The topological polar surface area (TPSA) is 78.4 Å². The maximum atomic E-state index is 11.2. The van der Waals surface area contributed by atoms with Gasteiger partial charge in [0, 0.05) is 19.1 Å². The van der Waals surface area contributed by atoms with Crippen molar-refractivity contribution in [2.45, 2.75) is 32.7 Å². The second kappa shape index (κ2) is 5.59. The molecule has 0 heterocycles. The van der Waals surface area contributed by atoms with Gasteiger partial charge in [0.25, 0.3) is 0 Å². The van der Waals surface area contributed by atoms with E-state index in [4.69, 9.17) is 5.11 Å². The zero-order chi connectivity index (χ0) is 11.2. The minimum atomic E-state index is -0.440. The molecular weight excluding hydrogens is 184 g/mol. The molecule has 2 amide bonds. The summed E-state index contributed by atoms with van der Waals surface area (Å²) in [7, 11) is 0. The summed E-state index contributed by atoms with van der Waals surface area (Å²) in [5.74, 6) is -0.487. The van der Waals surface area contributed by atoms with Crippen molar-refractivity contribution in [1.29, 1.82) is 0 Å². The molecule has 0 atom stereocenters. The van der Waals surface area contributed by atoms with Crippen molar-refractivity contribution in [3.05, 3.63) is 0 Å². The highest BCUT2D eigenvalue weighted by molar-refractivity contribution is 5.83. The largest absolute Gasteiger partial charge is 0.396 e. The normalized spacial score (nSPS) is 10.9. The first-order valence-electron chi connectivity index (χ1n) is 4.54. The van der Waals surface area contributed by atoms with Gasteiger partial charge in [-0.2, -0.15) is 0 Å². The Morgan fingerprint density at radius 1 is 1.36 bits per heavy atom. The number of carbonyl (C=O) groups excluding carboxylic acids is 2. The molecule has 0 saturated carbocycles. The standard InChI is InChI=1S/C9H18N2O3/c1-7(13)10-6-8(14)11-9(2,3)4-5-12/h12H,4-6H2,1-3H3,(H,10,13)(H,11,14). The van der Waals surface area contributed by atoms with E-state index in [0.717, 1.165) is 0 Å². The van der Waals surface area contributed by atoms with Crippen LogP contribution in [-0.4, -0.2) is 35.6 Å². The maximum Gasteiger partial charge on any atom is 0.239 e. The third-order valence-corrected chi connectivity index (χ3v) is 1.71. The third-order valence-electron chi connectivity index (χ3n) is 1.71. The molecule has 0 aromatic heterocycles. The minimum Gasteiger partial charge on any atom is -0.396 e. The van der Waals surface area contributed by atoms with Crippen LogP contribution in [0, 0.1) is 0 Å². The average molecular weight is 202 g/mol. The summed E-state index contributed by atoms with van der Waals surface area (Å²) >= 11 is 0. The van der Waals surface area contributed by atoms with Gasteiger partial charge in [-0.15, -0.1) is 0 Å².